The molecule has 2 aromatic carbocycles. The molecule has 0 aliphatic heterocycles. The van der Waals surface area contributed by atoms with E-state index in [0.29, 0.717) is 5.69 Å². The first-order valence-corrected chi connectivity index (χ1v) is 7.55. The maximum atomic E-state index is 13.9. The third-order valence-electron chi connectivity index (χ3n) is 3.23. The van der Waals surface area contributed by atoms with Gasteiger partial charge in [0, 0.05) is 0 Å². The molecular formula is C14H14F2N2O2S. The first kappa shape index (κ1) is 15.2. The second-order valence-corrected chi connectivity index (χ2v) is 6.28. The molecular weight excluding hydrogens is 298 g/mol. The van der Waals surface area contributed by atoms with Crippen molar-refractivity contribution in [3.05, 3.63) is 53.1 Å². The zero-order chi connectivity index (χ0) is 15.8. The van der Waals surface area contributed by atoms with Crippen LogP contribution in [0, 0.1) is 25.5 Å². The van der Waals surface area contributed by atoms with Crippen LogP contribution >= 0.6 is 0 Å². The molecule has 0 fully saturated rings. The standard InChI is InChI=1S/C14H14F2N2O2S/c1-8-4-3-5-11(9(8)2)18-21(19,20)12-7-6-10(15)14(17)13(12)16/h3-7,18H,17H2,1-2H3. The lowest BCUT2D eigenvalue weighted by molar-refractivity contribution is 0.557. The van der Waals surface area contributed by atoms with Crippen molar-refractivity contribution in [2.75, 3.05) is 10.5 Å². The Morgan fingerprint density at radius 2 is 1.76 bits per heavy atom. The molecule has 0 heterocycles. The van der Waals surface area contributed by atoms with E-state index in [1.807, 2.05) is 13.0 Å². The average molecular weight is 312 g/mol. The minimum Gasteiger partial charge on any atom is -0.394 e. The average Bonchev–Trinajstić information content (AvgIpc) is 2.41. The van der Waals surface area contributed by atoms with Crippen molar-refractivity contribution in [2.24, 2.45) is 0 Å². The Balaban J connectivity index is 2.49. The predicted molar refractivity (Wildman–Crippen MR) is 77.5 cm³/mol. The van der Waals surface area contributed by atoms with Gasteiger partial charge < -0.3 is 5.73 Å². The summed E-state index contributed by atoms with van der Waals surface area (Å²) in [6, 6.07) is 6.72. The monoisotopic (exact) mass is 312 g/mol. The van der Waals surface area contributed by atoms with Gasteiger partial charge in [-0.05, 0) is 43.2 Å². The lowest BCUT2D eigenvalue weighted by Crippen LogP contribution is -2.16. The molecule has 0 spiro atoms. The molecule has 0 unspecified atom stereocenters. The molecule has 2 rings (SSSR count). The summed E-state index contributed by atoms with van der Waals surface area (Å²) in [7, 11) is -4.19. The smallest absolute Gasteiger partial charge is 0.264 e. The quantitative estimate of drug-likeness (QED) is 0.856. The fourth-order valence-corrected chi connectivity index (χ4v) is 3.03. The van der Waals surface area contributed by atoms with Crippen LogP contribution < -0.4 is 10.5 Å². The molecule has 4 nitrogen and oxygen atoms in total. The van der Waals surface area contributed by atoms with E-state index >= 15 is 0 Å². The Bertz CT molecular complexity index is 805. The molecule has 0 atom stereocenters. The van der Waals surface area contributed by atoms with Crippen LogP contribution in [0.5, 0.6) is 0 Å². The summed E-state index contributed by atoms with van der Waals surface area (Å²) in [4.78, 5) is -0.692. The van der Waals surface area contributed by atoms with Crippen molar-refractivity contribution in [2.45, 2.75) is 18.7 Å². The Kier molecular flexibility index (Phi) is 3.87. The Hall–Kier alpha value is -2.15. The number of hydrogen-bond donors (Lipinski definition) is 2. The lowest BCUT2D eigenvalue weighted by Gasteiger charge is -2.13. The SMILES string of the molecule is Cc1cccc(NS(=O)(=O)c2ccc(F)c(N)c2F)c1C. The summed E-state index contributed by atoms with van der Waals surface area (Å²) < 4.78 is 53.7. The number of nitrogen functional groups attached to an aromatic ring is 1. The first-order chi connectivity index (χ1) is 9.74. The van der Waals surface area contributed by atoms with Crippen LogP contribution in [-0.4, -0.2) is 8.42 Å². The summed E-state index contributed by atoms with van der Waals surface area (Å²) in [5.41, 5.74) is 6.30. The van der Waals surface area contributed by atoms with Gasteiger partial charge in [-0.2, -0.15) is 0 Å². The molecule has 0 bridgehead atoms. The van der Waals surface area contributed by atoms with Crippen LogP contribution in [0.3, 0.4) is 0 Å². The second-order valence-electron chi connectivity index (χ2n) is 4.63. The van der Waals surface area contributed by atoms with Crippen LogP contribution in [0.25, 0.3) is 0 Å². The van der Waals surface area contributed by atoms with E-state index in [-0.39, 0.29) is 0 Å². The predicted octanol–water partition coefficient (Wildman–Crippen LogP) is 2.96. The summed E-state index contributed by atoms with van der Waals surface area (Å²) in [6.07, 6.45) is 0. The highest BCUT2D eigenvalue weighted by Gasteiger charge is 2.23. The van der Waals surface area contributed by atoms with E-state index in [9.17, 15) is 17.2 Å². The maximum absolute atomic E-state index is 13.9. The van der Waals surface area contributed by atoms with Gasteiger partial charge in [-0.3, -0.25) is 4.72 Å². The highest BCUT2D eigenvalue weighted by Crippen LogP contribution is 2.26. The van der Waals surface area contributed by atoms with Gasteiger partial charge in [0.2, 0.25) is 0 Å². The van der Waals surface area contributed by atoms with E-state index in [0.717, 1.165) is 23.3 Å². The summed E-state index contributed by atoms with van der Waals surface area (Å²) in [6.45, 7) is 3.56. The van der Waals surface area contributed by atoms with Crippen molar-refractivity contribution in [1.29, 1.82) is 0 Å². The van der Waals surface area contributed by atoms with Gasteiger partial charge >= 0.3 is 0 Å². The van der Waals surface area contributed by atoms with Gasteiger partial charge in [-0.15, -0.1) is 0 Å². The molecule has 0 aromatic heterocycles. The second kappa shape index (κ2) is 5.33. The number of benzene rings is 2. The Morgan fingerprint density at radius 1 is 1.10 bits per heavy atom. The number of sulfonamides is 1. The summed E-state index contributed by atoms with van der Waals surface area (Å²) in [5, 5.41) is 0. The summed E-state index contributed by atoms with van der Waals surface area (Å²) >= 11 is 0. The molecule has 0 saturated carbocycles. The van der Waals surface area contributed by atoms with Crippen molar-refractivity contribution >= 4 is 21.4 Å². The number of hydrogen-bond acceptors (Lipinski definition) is 3. The van der Waals surface area contributed by atoms with Gasteiger partial charge in [0.05, 0.1) is 5.69 Å². The number of rotatable bonds is 3. The molecule has 21 heavy (non-hydrogen) atoms. The van der Waals surface area contributed by atoms with E-state index in [4.69, 9.17) is 5.73 Å². The van der Waals surface area contributed by atoms with E-state index in [1.165, 1.54) is 0 Å². The molecule has 0 amide bonds. The third-order valence-corrected chi connectivity index (χ3v) is 4.61. The molecule has 3 N–H and O–H groups in total. The van der Waals surface area contributed by atoms with Crippen LogP contribution in [0.2, 0.25) is 0 Å². The van der Waals surface area contributed by atoms with Gasteiger partial charge in [-0.25, -0.2) is 17.2 Å². The van der Waals surface area contributed by atoms with E-state index < -0.39 is 32.2 Å². The van der Waals surface area contributed by atoms with Crippen molar-refractivity contribution in [3.63, 3.8) is 0 Å². The lowest BCUT2D eigenvalue weighted by atomic mass is 10.1. The van der Waals surface area contributed by atoms with Gasteiger partial charge in [0.15, 0.2) is 5.82 Å². The van der Waals surface area contributed by atoms with Crippen LogP contribution in [-0.2, 0) is 10.0 Å². The molecule has 2 aromatic rings. The maximum Gasteiger partial charge on any atom is 0.264 e. The number of halogens is 2. The largest absolute Gasteiger partial charge is 0.394 e. The summed E-state index contributed by atoms with van der Waals surface area (Å²) in [5.74, 6) is -2.30. The van der Waals surface area contributed by atoms with Crippen molar-refractivity contribution in [3.8, 4) is 0 Å². The van der Waals surface area contributed by atoms with Crippen LogP contribution in [0.15, 0.2) is 35.2 Å². The van der Waals surface area contributed by atoms with Crippen LogP contribution in [0.1, 0.15) is 11.1 Å². The molecule has 0 radical (unpaired) electrons. The highest BCUT2D eigenvalue weighted by molar-refractivity contribution is 7.92. The van der Waals surface area contributed by atoms with Gasteiger partial charge in [0.25, 0.3) is 10.0 Å². The first-order valence-electron chi connectivity index (χ1n) is 6.06. The van der Waals surface area contributed by atoms with Crippen molar-refractivity contribution in [1.82, 2.24) is 0 Å². The van der Waals surface area contributed by atoms with Gasteiger partial charge in [0.1, 0.15) is 16.4 Å². The van der Waals surface area contributed by atoms with Gasteiger partial charge in [-0.1, -0.05) is 12.1 Å². The number of aryl methyl sites for hydroxylation is 1. The van der Waals surface area contributed by atoms with E-state index in [2.05, 4.69) is 4.72 Å². The molecule has 0 aliphatic carbocycles. The zero-order valence-corrected chi connectivity index (χ0v) is 12.3. The number of nitrogens with one attached hydrogen (secondary N) is 1. The zero-order valence-electron chi connectivity index (χ0n) is 11.4. The number of nitrogens with two attached hydrogens (primary N) is 1. The molecule has 0 aliphatic rings. The molecule has 112 valence electrons. The Labute approximate surface area is 121 Å². The highest BCUT2D eigenvalue weighted by atomic mass is 32.2. The topological polar surface area (TPSA) is 72.2 Å². The van der Waals surface area contributed by atoms with Crippen LogP contribution in [0.4, 0.5) is 20.2 Å². The Morgan fingerprint density at radius 3 is 2.43 bits per heavy atom. The normalized spacial score (nSPS) is 11.4. The molecule has 0 saturated heterocycles. The third kappa shape index (κ3) is 2.82. The minimum atomic E-state index is -4.19. The number of anilines is 2. The van der Waals surface area contributed by atoms with Crippen molar-refractivity contribution < 1.29 is 17.2 Å². The molecule has 7 heteroatoms. The fourth-order valence-electron chi connectivity index (χ4n) is 1.82. The van der Waals surface area contributed by atoms with E-state index in [1.54, 1.807) is 19.1 Å². The fraction of sp³-hybridized carbons (Fsp3) is 0.143. The minimum absolute atomic E-state index is 0.331.